The number of likely N-dealkylation sites (N-methyl/N-ethyl adjacent to an activating group) is 1. The van der Waals surface area contributed by atoms with Crippen molar-refractivity contribution < 1.29 is 14.6 Å². The first-order valence-electron chi connectivity index (χ1n) is 5.57. The van der Waals surface area contributed by atoms with E-state index in [-0.39, 0.29) is 18.2 Å². The molecule has 0 bridgehead atoms. The Labute approximate surface area is 93.0 Å². The summed E-state index contributed by atoms with van der Waals surface area (Å²) in [5.74, 6) is 0. The molecule has 4 nitrogen and oxygen atoms in total. The molecule has 0 amide bonds. The highest BCUT2D eigenvalue weighted by Gasteiger charge is 2.23. The summed E-state index contributed by atoms with van der Waals surface area (Å²) in [5.41, 5.74) is -0.259. The summed E-state index contributed by atoms with van der Waals surface area (Å²) in [6, 6.07) is 0. The molecule has 0 saturated heterocycles. The van der Waals surface area contributed by atoms with Gasteiger partial charge in [0.1, 0.15) is 0 Å². The van der Waals surface area contributed by atoms with E-state index in [0.29, 0.717) is 13.2 Å². The van der Waals surface area contributed by atoms with Crippen LogP contribution in [0.25, 0.3) is 0 Å². The lowest BCUT2D eigenvalue weighted by Crippen LogP contribution is -2.46. The molecular formula is C11H25NO3. The van der Waals surface area contributed by atoms with Crippen LogP contribution in [0.1, 0.15) is 27.2 Å². The molecular weight excluding hydrogens is 194 g/mol. The molecule has 0 fully saturated rings. The van der Waals surface area contributed by atoms with Gasteiger partial charge in [-0.15, -0.1) is 0 Å². The molecule has 0 saturated carbocycles. The lowest BCUT2D eigenvalue weighted by molar-refractivity contribution is -0.00393. The minimum Gasteiger partial charge on any atom is -0.394 e. The Morgan fingerprint density at radius 1 is 1.40 bits per heavy atom. The van der Waals surface area contributed by atoms with E-state index < -0.39 is 0 Å². The zero-order valence-corrected chi connectivity index (χ0v) is 10.4. The Morgan fingerprint density at radius 2 is 2.07 bits per heavy atom. The number of hydrogen-bond donors (Lipinski definition) is 2. The van der Waals surface area contributed by atoms with Gasteiger partial charge in [0.25, 0.3) is 0 Å². The van der Waals surface area contributed by atoms with Crippen LogP contribution in [0.5, 0.6) is 0 Å². The smallest absolute Gasteiger partial charge is 0.0704 e. The van der Waals surface area contributed by atoms with Crippen molar-refractivity contribution in [3.05, 3.63) is 0 Å². The van der Waals surface area contributed by atoms with Gasteiger partial charge >= 0.3 is 0 Å². The van der Waals surface area contributed by atoms with E-state index in [2.05, 4.69) is 5.32 Å². The first kappa shape index (κ1) is 14.8. The van der Waals surface area contributed by atoms with Crippen molar-refractivity contribution >= 4 is 0 Å². The van der Waals surface area contributed by atoms with Gasteiger partial charge < -0.3 is 19.9 Å². The van der Waals surface area contributed by atoms with Gasteiger partial charge in [-0.05, 0) is 34.2 Å². The summed E-state index contributed by atoms with van der Waals surface area (Å²) in [7, 11) is 1.85. The van der Waals surface area contributed by atoms with Crippen LogP contribution in [0, 0.1) is 0 Å². The maximum Gasteiger partial charge on any atom is 0.0704 e. The molecule has 0 radical (unpaired) electrons. The quantitative estimate of drug-likeness (QED) is 0.563. The number of ether oxygens (including phenoxy) is 2. The lowest BCUT2D eigenvalue weighted by Gasteiger charge is -2.29. The van der Waals surface area contributed by atoms with Crippen molar-refractivity contribution in [2.75, 3.05) is 33.5 Å². The van der Waals surface area contributed by atoms with Crippen LogP contribution in [0.4, 0.5) is 0 Å². The van der Waals surface area contributed by atoms with E-state index in [9.17, 15) is 5.11 Å². The second-order valence-electron chi connectivity index (χ2n) is 4.05. The van der Waals surface area contributed by atoms with Gasteiger partial charge in [-0.3, -0.25) is 0 Å². The number of hydrogen-bond acceptors (Lipinski definition) is 4. The number of aliphatic hydroxyl groups is 1. The fourth-order valence-electron chi connectivity index (χ4n) is 1.39. The fraction of sp³-hybridized carbons (Fsp3) is 1.00. The summed E-state index contributed by atoms with van der Waals surface area (Å²) in [6.07, 6.45) is 0.904. The Morgan fingerprint density at radius 3 is 2.53 bits per heavy atom. The maximum absolute atomic E-state index is 9.20. The van der Waals surface area contributed by atoms with Gasteiger partial charge in [-0.25, -0.2) is 0 Å². The first-order chi connectivity index (χ1) is 7.08. The van der Waals surface area contributed by atoms with Crippen LogP contribution in [-0.2, 0) is 9.47 Å². The second-order valence-corrected chi connectivity index (χ2v) is 4.05. The molecule has 92 valence electrons. The van der Waals surface area contributed by atoms with Crippen LogP contribution in [0.15, 0.2) is 0 Å². The van der Waals surface area contributed by atoms with Crippen molar-refractivity contribution in [1.82, 2.24) is 5.32 Å². The van der Waals surface area contributed by atoms with Crippen LogP contribution < -0.4 is 5.32 Å². The average Bonchev–Trinajstić information content (AvgIpc) is 2.24. The van der Waals surface area contributed by atoms with E-state index in [1.807, 2.05) is 27.8 Å². The van der Waals surface area contributed by atoms with Crippen LogP contribution in [0.3, 0.4) is 0 Å². The van der Waals surface area contributed by atoms with Gasteiger partial charge in [0.15, 0.2) is 0 Å². The molecule has 0 aliphatic heterocycles. The molecule has 0 aromatic heterocycles. The highest BCUT2D eigenvalue weighted by atomic mass is 16.5. The summed E-state index contributed by atoms with van der Waals surface area (Å²) < 4.78 is 10.7. The van der Waals surface area contributed by atoms with Crippen molar-refractivity contribution in [3.8, 4) is 0 Å². The van der Waals surface area contributed by atoms with Crippen molar-refractivity contribution in [3.63, 3.8) is 0 Å². The van der Waals surface area contributed by atoms with Gasteiger partial charge in [0.05, 0.1) is 25.9 Å². The van der Waals surface area contributed by atoms with E-state index in [1.54, 1.807) is 0 Å². The zero-order valence-electron chi connectivity index (χ0n) is 10.4. The van der Waals surface area contributed by atoms with Crippen molar-refractivity contribution in [2.24, 2.45) is 0 Å². The molecule has 0 rings (SSSR count). The molecule has 2 unspecified atom stereocenters. The fourth-order valence-corrected chi connectivity index (χ4v) is 1.39. The molecule has 0 aromatic carbocycles. The minimum atomic E-state index is -0.259. The van der Waals surface area contributed by atoms with E-state index in [0.717, 1.165) is 13.0 Å². The Kier molecular flexibility index (Phi) is 7.96. The number of nitrogens with one attached hydrogen (secondary N) is 1. The van der Waals surface area contributed by atoms with Gasteiger partial charge in [0, 0.05) is 12.1 Å². The molecule has 4 heteroatoms. The Hall–Kier alpha value is -0.160. The molecule has 15 heavy (non-hydrogen) atoms. The highest BCUT2D eigenvalue weighted by molar-refractivity contribution is 4.82. The molecule has 0 spiro atoms. The lowest BCUT2D eigenvalue weighted by atomic mass is 9.96. The predicted molar refractivity (Wildman–Crippen MR) is 61.1 cm³/mol. The van der Waals surface area contributed by atoms with Crippen LogP contribution in [0.2, 0.25) is 0 Å². The summed E-state index contributed by atoms with van der Waals surface area (Å²) >= 11 is 0. The topological polar surface area (TPSA) is 50.7 Å². The van der Waals surface area contributed by atoms with E-state index >= 15 is 0 Å². The maximum atomic E-state index is 9.20. The third kappa shape index (κ3) is 6.84. The van der Waals surface area contributed by atoms with Crippen molar-refractivity contribution in [2.45, 2.75) is 38.8 Å². The highest BCUT2D eigenvalue weighted by Crippen LogP contribution is 2.13. The summed E-state index contributed by atoms with van der Waals surface area (Å²) in [5, 5.41) is 12.3. The average molecular weight is 219 g/mol. The Bertz CT molecular complexity index is 149. The van der Waals surface area contributed by atoms with Gasteiger partial charge in [-0.2, -0.15) is 0 Å². The van der Waals surface area contributed by atoms with E-state index in [4.69, 9.17) is 9.47 Å². The van der Waals surface area contributed by atoms with Crippen molar-refractivity contribution in [1.29, 1.82) is 0 Å². The number of rotatable bonds is 9. The van der Waals surface area contributed by atoms with Gasteiger partial charge in [-0.1, -0.05) is 0 Å². The normalized spacial score (nSPS) is 17.4. The Balaban J connectivity index is 3.67. The zero-order chi connectivity index (χ0) is 11.7. The molecule has 0 aliphatic rings. The SMILES string of the molecule is CCOCCOC(C)CC(C)(CO)NC. The first-order valence-corrected chi connectivity index (χ1v) is 5.57. The van der Waals surface area contributed by atoms with E-state index in [1.165, 1.54) is 0 Å². The summed E-state index contributed by atoms with van der Waals surface area (Å²) in [4.78, 5) is 0. The predicted octanol–water partition coefficient (Wildman–Crippen LogP) is 0.788. The molecule has 0 aliphatic carbocycles. The molecule has 2 N–H and O–H groups in total. The summed E-state index contributed by atoms with van der Waals surface area (Å²) in [6.45, 7) is 8.04. The molecule has 2 atom stereocenters. The van der Waals surface area contributed by atoms with Crippen LogP contribution in [-0.4, -0.2) is 50.2 Å². The second kappa shape index (κ2) is 8.05. The van der Waals surface area contributed by atoms with Gasteiger partial charge in [0.2, 0.25) is 0 Å². The largest absolute Gasteiger partial charge is 0.394 e. The minimum absolute atomic E-state index is 0.114. The molecule has 0 heterocycles. The number of aliphatic hydroxyl groups excluding tert-OH is 1. The standard InChI is InChI=1S/C11H25NO3/c1-5-14-6-7-15-10(2)8-11(3,9-13)12-4/h10,12-13H,5-9H2,1-4H3. The molecule has 0 aromatic rings. The third-order valence-corrected chi connectivity index (χ3v) is 2.52. The van der Waals surface area contributed by atoms with Crippen LogP contribution >= 0.6 is 0 Å². The third-order valence-electron chi connectivity index (χ3n) is 2.52. The monoisotopic (exact) mass is 219 g/mol.